The fraction of sp³-hybridized carbons (Fsp3) is 0.680. The van der Waals surface area contributed by atoms with Gasteiger partial charge in [0.15, 0.2) is 0 Å². The summed E-state index contributed by atoms with van der Waals surface area (Å²) in [6.45, 7) is 7.36. The number of carbonyl (C=O) groups excluding carboxylic acids is 2. The molecular formula is C25H36N4O2. The Morgan fingerprint density at radius 3 is 2.87 bits per heavy atom. The molecule has 5 atom stereocenters. The highest BCUT2D eigenvalue weighted by molar-refractivity contribution is 6.02. The van der Waals surface area contributed by atoms with Crippen LogP contribution in [0.2, 0.25) is 0 Å². The SMILES string of the molecule is C[C@@H]1CCCCN1CCNC(=O)[C@@H]1C[C@H]2CC[C@@]1(C)C[C@]21NC(=O)c2ccccc2N1. The van der Waals surface area contributed by atoms with Crippen LogP contribution in [0.25, 0.3) is 0 Å². The maximum atomic E-state index is 13.2. The molecule has 1 spiro atoms. The maximum absolute atomic E-state index is 13.2. The van der Waals surface area contributed by atoms with E-state index in [1.807, 2.05) is 24.3 Å². The van der Waals surface area contributed by atoms with Crippen LogP contribution in [0.1, 0.15) is 69.2 Å². The van der Waals surface area contributed by atoms with Crippen molar-refractivity contribution in [2.45, 2.75) is 70.5 Å². The number of carbonyl (C=O) groups is 2. The topological polar surface area (TPSA) is 73.5 Å². The average Bonchev–Trinajstić information content (AvgIpc) is 2.74. The van der Waals surface area contributed by atoms with Gasteiger partial charge >= 0.3 is 0 Å². The number of para-hydroxylation sites is 1. The smallest absolute Gasteiger partial charge is 0.255 e. The van der Waals surface area contributed by atoms with Crippen molar-refractivity contribution in [1.82, 2.24) is 15.5 Å². The van der Waals surface area contributed by atoms with Gasteiger partial charge in [0.25, 0.3) is 5.91 Å². The summed E-state index contributed by atoms with van der Waals surface area (Å²) in [5, 5.41) is 10.2. The number of fused-ring (bicyclic) bond motifs is 3. The molecule has 3 saturated carbocycles. The van der Waals surface area contributed by atoms with Gasteiger partial charge in [-0.1, -0.05) is 25.5 Å². The molecule has 31 heavy (non-hydrogen) atoms. The van der Waals surface area contributed by atoms with Crippen LogP contribution in [0.5, 0.6) is 0 Å². The number of likely N-dealkylation sites (tertiary alicyclic amines) is 1. The third-order valence-electron chi connectivity index (χ3n) is 8.63. The first-order chi connectivity index (χ1) is 14.9. The molecule has 168 valence electrons. The first kappa shape index (κ1) is 20.8. The lowest BCUT2D eigenvalue weighted by Crippen LogP contribution is -2.70. The normalized spacial score (nSPS) is 37.1. The minimum atomic E-state index is -0.432. The van der Waals surface area contributed by atoms with E-state index in [4.69, 9.17) is 0 Å². The Balaban J connectivity index is 1.25. The zero-order chi connectivity index (χ0) is 21.6. The second-order valence-corrected chi connectivity index (χ2v) is 10.6. The van der Waals surface area contributed by atoms with Crippen molar-refractivity contribution in [2.24, 2.45) is 17.3 Å². The van der Waals surface area contributed by atoms with Gasteiger partial charge in [-0.3, -0.25) is 14.5 Å². The van der Waals surface area contributed by atoms with Gasteiger partial charge in [0, 0.05) is 36.7 Å². The van der Waals surface area contributed by atoms with Gasteiger partial charge in [-0.2, -0.15) is 0 Å². The van der Waals surface area contributed by atoms with Gasteiger partial charge in [-0.15, -0.1) is 0 Å². The van der Waals surface area contributed by atoms with Crippen molar-refractivity contribution in [2.75, 3.05) is 25.0 Å². The molecule has 6 rings (SSSR count). The Hall–Kier alpha value is -2.08. The van der Waals surface area contributed by atoms with Crippen LogP contribution < -0.4 is 16.0 Å². The number of piperidine rings is 1. The number of rotatable bonds is 4. The second-order valence-electron chi connectivity index (χ2n) is 10.6. The molecule has 2 amide bonds. The van der Waals surface area contributed by atoms with Gasteiger partial charge in [-0.25, -0.2) is 0 Å². The largest absolute Gasteiger partial charge is 0.362 e. The van der Waals surface area contributed by atoms with E-state index in [1.165, 1.54) is 19.3 Å². The number of hydrogen-bond acceptors (Lipinski definition) is 4. The van der Waals surface area contributed by atoms with Crippen LogP contribution in [0.15, 0.2) is 24.3 Å². The van der Waals surface area contributed by atoms with Gasteiger partial charge < -0.3 is 16.0 Å². The summed E-state index contributed by atoms with van der Waals surface area (Å²) in [5.74, 6) is 0.493. The Bertz CT molecular complexity index is 873. The minimum absolute atomic E-state index is 0.00199. The summed E-state index contributed by atoms with van der Waals surface area (Å²) in [7, 11) is 0. The standard InChI is InChI=1S/C25H36N4O2/c1-17-7-5-6-13-29(17)14-12-26-23(31)20-15-18-10-11-24(20,2)16-25(18)27-21-9-4-3-8-19(21)22(30)28-25/h3-4,8-9,17-18,20,27H,5-7,10-16H2,1-2H3,(H,26,31)(H,28,30)/t17-,18-,20+,24+,25+/m1/s1. The lowest BCUT2D eigenvalue weighted by atomic mass is 9.51. The van der Waals surface area contributed by atoms with Crippen LogP contribution in [0, 0.1) is 17.3 Å². The summed E-state index contributed by atoms with van der Waals surface area (Å²) < 4.78 is 0. The van der Waals surface area contributed by atoms with E-state index >= 15 is 0 Å². The Morgan fingerprint density at radius 1 is 1.23 bits per heavy atom. The third kappa shape index (κ3) is 3.63. The van der Waals surface area contributed by atoms with Crippen molar-refractivity contribution in [3.63, 3.8) is 0 Å². The van der Waals surface area contributed by atoms with Crippen LogP contribution in [-0.4, -0.2) is 48.1 Å². The molecule has 2 bridgehead atoms. The molecular weight excluding hydrogens is 388 g/mol. The minimum Gasteiger partial charge on any atom is -0.362 e. The predicted molar refractivity (Wildman–Crippen MR) is 122 cm³/mol. The fourth-order valence-electron chi connectivity index (χ4n) is 6.79. The molecule has 3 N–H and O–H groups in total. The van der Waals surface area contributed by atoms with E-state index in [1.54, 1.807) is 0 Å². The second kappa shape index (κ2) is 7.80. The number of hydrogen-bond donors (Lipinski definition) is 3. The van der Waals surface area contributed by atoms with Crippen LogP contribution in [0.4, 0.5) is 5.69 Å². The van der Waals surface area contributed by atoms with Crippen LogP contribution >= 0.6 is 0 Å². The summed E-state index contributed by atoms with van der Waals surface area (Å²) in [6.07, 6.45) is 7.57. The van der Waals surface area contributed by atoms with Gasteiger partial charge in [0.05, 0.1) is 5.56 Å². The van der Waals surface area contributed by atoms with Crippen molar-refractivity contribution in [3.8, 4) is 0 Å². The fourth-order valence-corrected chi connectivity index (χ4v) is 6.79. The number of amides is 2. The van der Waals surface area contributed by atoms with E-state index in [2.05, 4.69) is 34.7 Å². The molecule has 0 radical (unpaired) electrons. The highest BCUT2D eigenvalue weighted by atomic mass is 16.2. The van der Waals surface area contributed by atoms with Crippen molar-refractivity contribution < 1.29 is 9.59 Å². The van der Waals surface area contributed by atoms with Crippen molar-refractivity contribution in [1.29, 1.82) is 0 Å². The zero-order valence-corrected chi connectivity index (χ0v) is 18.9. The first-order valence-corrected chi connectivity index (χ1v) is 12.1. The molecule has 1 aromatic carbocycles. The van der Waals surface area contributed by atoms with E-state index in [9.17, 15) is 9.59 Å². The summed E-state index contributed by atoms with van der Waals surface area (Å²) in [4.78, 5) is 28.6. The first-order valence-electron chi connectivity index (χ1n) is 12.1. The number of benzene rings is 1. The highest BCUT2D eigenvalue weighted by Gasteiger charge is 2.60. The maximum Gasteiger partial charge on any atom is 0.255 e. The lowest BCUT2D eigenvalue weighted by Gasteiger charge is -2.60. The van der Waals surface area contributed by atoms with Crippen LogP contribution in [0.3, 0.4) is 0 Å². The monoisotopic (exact) mass is 424 g/mol. The molecule has 0 unspecified atom stereocenters. The van der Waals surface area contributed by atoms with E-state index < -0.39 is 5.66 Å². The van der Waals surface area contributed by atoms with E-state index in [-0.39, 0.29) is 29.1 Å². The molecule has 2 heterocycles. The molecule has 2 aliphatic heterocycles. The number of anilines is 1. The highest BCUT2D eigenvalue weighted by Crippen LogP contribution is 2.58. The molecule has 4 fully saturated rings. The lowest BCUT2D eigenvalue weighted by molar-refractivity contribution is -0.139. The summed E-state index contributed by atoms with van der Waals surface area (Å²) >= 11 is 0. The third-order valence-corrected chi connectivity index (χ3v) is 8.63. The molecule has 0 aromatic heterocycles. The predicted octanol–water partition coefficient (Wildman–Crippen LogP) is 3.36. The molecule has 3 aliphatic carbocycles. The van der Waals surface area contributed by atoms with Gasteiger partial charge in [-0.05, 0) is 69.5 Å². The molecule has 1 saturated heterocycles. The number of nitrogens with zero attached hydrogens (tertiary/aromatic N) is 1. The number of nitrogens with one attached hydrogen (secondary N) is 3. The van der Waals surface area contributed by atoms with Crippen molar-refractivity contribution in [3.05, 3.63) is 29.8 Å². The Kier molecular flexibility index (Phi) is 5.24. The van der Waals surface area contributed by atoms with Gasteiger partial charge in [0.1, 0.15) is 5.66 Å². The average molecular weight is 425 g/mol. The quantitative estimate of drug-likeness (QED) is 0.693. The van der Waals surface area contributed by atoms with Crippen molar-refractivity contribution >= 4 is 17.5 Å². The molecule has 5 aliphatic rings. The summed E-state index contributed by atoms with van der Waals surface area (Å²) in [6, 6.07) is 8.36. The van der Waals surface area contributed by atoms with E-state index in [0.717, 1.165) is 51.0 Å². The Labute approximate surface area is 185 Å². The molecule has 1 aromatic rings. The van der Waals surface area contributed by atoms with E-state index in [0.29, 0.717) is 11.6 Å². The zero-order valence-electron chi connectivity index (χ0n) is 18.9. The Morgan fingerprint density at radius 2 is 2.06 bits per heavy atom. The molecule has 6 nitrogen and oxygen atoms in total. The molecule has 6 heteroatoms. The van der Waals surface area contributed by atoms with Gasteiger partial charge in [0.2, 0.25) is 5.91 Å². The van der Waals surface area contributed by atoms with Crippen LogP contribution in [-0.2, 0) is 4.79 Å². The summed E-state index contributed by atoms with van der Waals surface area (Å²) in [5.41, 5.74) is 1.09.